The second kappa shape index (κ2) is 9.09. The Hall–Kier alpha value is -2.01. The van der Waals surface area contributed by atoms with Gasteiger partial charge in [0.25, 0.3) is 5.89 Å². The van der Waals surface area contributed by atoms with Gasteiger partial charge in [-0.1, -0.05) is 17.8 Å². The molecular weight excluding hydrogens is 462 g/mol. The molecule has 1 saturated heterocycles. The zero-order valence-corrected chi connectivity index (χ0v) is 20.0. The van der Waals surface area contributed by atoms with E-state index in [4.69, 9.17) is 9.15 Å². The molecule has 166 valence electrons. The Morgan fingerprint density at radius 3 is 2.91 bits per heavy atom. The third-order valence-electron chi connectivity index (χ3n) is 5.87. The standard InChI is InChI=1S/C22H23N5O2S3/c1-2-7-16-14(5-1)11-18(32-16)21-25-23-19(29-21)13-31-22-26-24-20(17-8-4-10-30-17)27(22)12-15-6-3-9-28-15/h4,8,10-11,15H,1-3,5-7,9,12-13H2/t15-/m0/s1. The summed E-state index contributed by atoms with van der Waals surface area (Å²) in [5.41, 5.74) is 1.45. The molecule has 10 heteroatoms. The second-order valence-corrected chi connectivity index (χ2v) is 11.1. The molecule has 6 rings (SSSR count). The van der Waals surface area contributed by atoms with Crippen molar-refractivity contribution in [2.45, 2.75) is 62.1 Å². The van der Waals surface area contributed by atoms with Crippen molar-refractivity contribution >= 4 is 34.4 Å². The number of hydrogen-bond donors (Lipinski definition) is 0. The first-order chi connectivity index (χ1) is 15.8. The van der Waals surface area contributed by atoms with Gasteiger partial charge in [-0.05, 0) is 61.6 Å². The Labute approximate surface area is 198 Å². The van der Waals surface area contributed by atoms with Gasteiger partial charge in [0.2, 0.25) is 5.89 Å². The maximum absolute atomic E-state index is 6.01. The average molecular weight is 486 g/mol. The number of thiophene rings is 2. The van der Waals surface area contributed by atoms with Crippen LogP contribution in [-0.2, 0) is 29.9 Å². The fraction of sp³-hybridized carbons (Fsp3) is 0.455. The van der Waals surface area contributed by atoms with Gasteiger partial charge in [0.05, 0.1) is 28.2 Å². The fourth-order valence-corrected chi connectivity index (χ4v) is 6.95. The summed E-state index contributed by atoms with van der Waals surface area (Å²) in [5, 5.41) is 20.5. The number of thioether (sulfide) groups is 1. The minimum absolute atomic E-state index is 0.212. The molecule has 0 amide bonds. The third kappa shape index (κ3) is 4.16. The van der Waals surface area contributed by atoms with Crippen LogP contribution in [0.4, 0.5) is 0 Å². The third-order valence-corrected chi connectivity index (χ3v) is 8.91. The topological polar surface area (TPSA) is 78.9 Å². The van der Waals surface area contributed by atoms with E-state index in [9.17, 15) is 0 Å². The summed E-state index contributed by atoms with van der Waals surface area (Å²) < 4.78 is 14.1. The average Bonchev–Trinajstić information content (AvgIpc) is 3.63. The Kier molecular flexibility index (Phi) is 5.85. The number of fused-ring (bicyclic) bond motifs is 1. The van der Waals surface area contributed by atoms with Gasteiger partial charge in [-0.3, -0.25) is 4.57 Å². The van der Waals surface area contributed by atoms with Crippen LogP contribution in [0.1, 0.15) is 42.0 Å². The van der Waals surface area contributed by atoms with E-state index in [1.807, 2.05) is 6.07 Å². The molecule has 1 fully saturated rings. The molecule has 4 aromatic rings. The van der Waals surface area contributed by atoms with E-state index < -0.39 is 0 Å². The van der Waals surface area contributed by atoms with Gasteiger partial charge in [0.1, 0.15) is 0 Å². The number of ether oxygens (including phenoxy) is 1. The summed E-state index contributed by atoms with van der Waals surface area (Å²) in [6.07, 6.45) is 7.28. The maximum atomic E-state index is 6.01. The van der Waals surface area contributed by atoms with E-state index >= 15 is 0 Å². The van der Waals surface area contributed by atoms with E-state index in [2.05, 4.69) is 42.5 Å². The van der Waals surface area contributed by atoms with Gasteiger partial charge in [-0.2, -0.15) is 0 Å². The van der Waals surface area contributed by atoms with Gasteiger partial charge >= 0.3 is 0 Å². The molecule has 1 aliphatic heterocycles. The Balaban J connectivity index is 1.20. The van der Waals surface area contributed by atoms with Crippen LogP contribution in [0, 0.1) is 0 Å². The molecule has 1 aliphatic carbocycles. The van der Waals surface area contributed by atoms with Crippen LogP contribution in [0.2, 0.25) is 0 Å². The lowest BCUT2D eigenvalue weighted by atomic mass is 9.99. The lowest BCUT2D eigenvalue weighted by molar-refractivity contribution is 0.0953. The smallest absolute Gasteiger partial charge is 0.257 e. The minimum atomic E-state index is 0.212. The van der Waals surface area contributed by atoms with Crippen LogP contribution < -0.4 is 0 Å². The van der Waals surface area contributed by atoms with Crippen molar-refractivity contribution in [3.8, 4) is 21.5 Å². The van der Waals surface area contributed by atoms with Gasteiger partial charge in [-0.25, -0.2) is 0 Å². The van der Waals surface area contributed by atoms with Crippen molar-refractivity contribution in [2.24, 2.45) is 0 Å². The minimum Gasteiger partial charge on any atom is -0.419 e. The lowest BCUT2D eigenvalue weighted by Gasteiger charge is -2.13. The van der Waals surface area contributed by atoms with Crippen molar-refractivity contribution in [3.63, 3.8) is 0 Å². The summed E-state index contributed by atoms with van der Waals surface area (Å²) in [4.78, 5) is 3.68. The van der Waals surface area contributed by atoms with Crippen LogP contribution in [0.15, 0.2) is 33.2 Å². The van der Waals surface area contributed by atoms with Gasteiger partial charge in [-0.15, -0.1) is 43.1 Å². The van der Waals surface area contributed by atoms with E-state index in [0.717, 1.165) is 53.1 Å². The normalized spacial score (nSPS) is 18.3. The predicted octanol–water partition coefficient (Wildman–Crippen LogP) is 5.47. The SMILES string of the molecule is c1csc(-c2nnc(SCc3nnc(-c4cc5c(s4)CCCC5)o3)n2C[C@@H]2CCCO2)c1. The monoisotopic (exact) mass is 485 g/mol. The highest BCUT2D eigenvalue weighted by atomic mass is 32.2. The number of nitrogens with zero attached hydrogens (tertiary/aromatic N) is 5. The first-order valence-corrected chi connectivity index (χ1v) is 13.7. The van der Waals surface area contributed by atoms with Crippen LogP contribution in [0.5, 0.6) is 0 Å². The van der Waals surface area contributed by atoms with Crippen LogP contribution >= 0.6 is 34.4 Å². The Morgan fingerprint density at radius 2 is 2.06 bits per heavy atom. The first-order valence-electron chi connectivity index (χ1n) is 11.0. The van der Waals surface area contributed by atoms with E-state index in [-0.39, 0.29) is 6.10 Å². The largest absolute Gasteiger partial charge is 0.419 e. The molecule has 1 atom stereocenters. The summed E-state index contributed by atoms with van der Waals surface area (Å²) in [6.45, 7) is 1.60. The highest BCUT2D eigenvalue weighted by Crippen LogP contribution is 2.36. The molecular formula is C22H23N5O2S3. The van der Waals surface area contributed by atoms with Gasteiger partial charge in [0.15, 0.2) is 11.0 Å². The number of hydrogen-bond acceptors (Lipinski definition) is 9. The summed E-state index contributed by atoms with van der Waals surface area (Å²) >= 11 is 5.05. The van der Waals surface area contributed by atoms with Crippen molar-refractivity contribution in [2.75, 3.05) is 6.61 Å². The lowest BCUT2D eigenvalue weighted by Crippen LogP contribution is -2.16. The van der Waals surface area contributed by atoms with E-state index in [1.54, 1.807) is 34.4 Å². The summed E-state index contributed by atoms with van der Waals surface area (Å²) in [7, 11) is 0. The van der Waals surface area contributed by atoms with E-state index in [0.29, 0.717) is 17.5 Å². The van der Waals surface area contributed by atoms with Gasteiger partial charge in [0, 0.05) is 11.5 Å². The number of aromatic nitrogens is 5. The summed E-state index contributed by atoms with van der Waals surface area (Å²) in [5.74, 6) is 2.70. The Morgan fingerprint density at radius 1 is 1.09 bits per heavy atom. The first kappa shape index (κ1) is 20.6. The molecule has 0 bridgehead atoms. The zero-order valence-electron chi connectivity index (χ0n) is 17.5. The molecule has 7 nitrogen and oxygen atoms in total. The second-order valence-electron chi connectivity index (χ2n) is 8.08. The fourth-order valence-electron chi connectivity index (χ4n) is 4.27. The zero-order chi connectivity index (χ0) is 21.3. The molecule has 0 saturated carbocycles. The highest BCUT2D eigenvalue weighted by Gasteiger charge is 2.23. The van der Waals surface area contributed by atoms with Crippen molar-refractivity contribution in [1.82, 2.24) is 25.0 Å². The molecule has 0 spiro atoms. The van der Waals surface area contributed by atoms with Crippen LogP contribution in [0.25, 0.3) is 21.5 Å². The number of aryl methyl sites for hydroxylation is 2. The predicted molar refractivity (Wildman–Crippen MR) is 126 cm³/mol. The number of rotatable bonds is 7. The van der Waals surface area contributed by atoms with E-state index in [1.165, 1.54) is 29.7 Å². The van der Waals surface area contributed by atoms with Crippen LogP contribution in [-0.4, -0.2) is 37.7 Å². The highest BCUT2D eigenvalue weighted by molar-refractivity contribution is 7.98. The maximum Gasteiger partial charge on any atom is 0.257 e. The molecule has 0 aromatic carbocycles. The Bertz CT molecular complexity index is 1170. The summed E-state index contributed by atoms with van der Waals surface area (Å²) in [6, 6.07) is 6.36. The van der Waals surface area contributed by atoms with Crippen molar-refractivity contribution in [1.29, 1.82) is 0 Å². The molecule has 0 N–H and O–H groups in total. The molecule has 0 radical (unpaired) electrons. The molecule has 0 unspecified atom stereocenters. The molecule has 4 aromatic heterocycles. The van der Waals surface area contributed by atoms with Crippen LogP contribution in [0.3, 0.4) is 0 Å². The van der Waals surface area contributed by atoms with Crippen molar-refractivity contribution in [3.05, 3.63) is 39.9 Å². The van der Waals surface area contributed by atoms with Gasteiger partial charge < -0.3 is 9.15 Å². The quantitative estimate of drug-likeness (QED) is 0.321. The molecule has 5 heterocycles. The van der Waals surface area contributed by atoms with Crippen molar-refractivity contribution < 1.29 is 9.15 Å². The molecule has 32 heavy (non-hydrogen) atoms. The molecule has 2 aliphatic rings.